The van der Waals surface area contributed by atoms with Gasteiger partial charge in [0.25, 0.3) is 0 Å². The zero-order valence-corrected chi connectivity index (χ0v) is 20.4. The van der Waals surface area contributed by atoms with E-state index >= 15 is 0 Å². The Kier molecular flexibility index (Phi) is 7.46. The molecule has 8 nitrogen and oxygen atoms in total. The van der Waals surface area contributed by atoms with Crippen molar-refractivity contribution < 1.29 is 5.11 Å². The highest BCUT2D eigenvalue weighted by molar-refractivity contribution is 6.31. The van der Waals surface area contributed by atoms with E-state index in [1.54, 1.807) is 0 Å². The molecule has 174 valence electrons. The van der Waals surface area contributed by atoms with Gasteiger partial charge in [0.05, 0.1) is 24.0 Å². The number of anilines is 3. The molecule has 2 aliphatic rings. The van der Waals surface area contributed by atoms with Gasteiger partial charge in [-0.2, -0.15) is 10.1 Å². The van der Waals surface area contributed by atoms with Crippen molar-refractivity contribution >= 4 is 29.1 Å². The number of hydrogen-bond donors (Lipinski definition) is 4. The molecule has 0 fully saturated rings. The van der Waals surface area contributed by atoms with Gasteiger partial charge in [-0.25, -0.2) is 0 Å². The lowest BCUT2D eigenvalue weighted by molar-refractivity contribution is 0.248. The zero-order chi connectivity index (χ0) is 23.6. The van der Waals surface area contributed by atoms with Gasteiger partial charge < -0.3 is 26.0 Å². The second-order valence-electron chi connectivity index (χ2n) is 9.02. The van der Waals surface area contributed by atoms with Gasteiger partial charge in [0, 0.05) is 28.9 Å². The maximum Gasteiger partial charge on any atom is 0.205 e. The molecule has 3 rings (SSSR count). The molecule has 0 amide bonds. The minimum atomic E-state index is -0.143. The van der Waals surface area contributed by atoms with E-state index in [2.05, 4.69) is 66.9 Å². The summed E-state index contributed by atoms with van der Waals surface area (Å²) in [7, 11) is 0. The van der Waals surface area contributed by atoms with Gasteiger partial charge in [0.15, 0.2) is 11.5 Å². The lowest BCUT2D eigenvalue weighted by Gasteiger charge is -2.28. The van der Waals surface area contributed by atoms with Crippen molar-refractivity contribution in [1.29, 1.82) is 0 Å². The Hall–Kier alpha value is -2.58. The molecule has 1 aromatic rings. The number of hydrogen-bond acceptors (Lipinski definition) is 7. The zero-order valence-electron chi connectivity index (χ0n) is 19.6. The van der Waals surface area contributed by atoms with Crippen LogP contribution < -0.4 is 16.4 Å². The minimum Gasteiger partial charge on any atom is -0.398 e. The molecule has 2 aliphatic heterocycles. The summed E-state index contributed by atoms with van der Waals surface area (Å²) < 4.78 is 2.12. The number of benzene rings is 1. The molecule has 0 saturated carbocycles. The molecule has 2 heterocycles. The van der Waals surface area contributed by atoms with E-state index in [1.807, 2.05) is 18.2 Å². The Morgan fingerprint density at radius 2 is 1.84 bits per heavy atom. The number of halogens is 1. The summed E-state index contributed by atoms with van der Waals surface area (Å²) >= 11 is 6.37. The normalized spacial score (nSPS) is 12.8. The molecular weight excluding hydrogens is 426 g/mol. The number of nitrogen functional groups attached to an aromatic ring is 1. The summed E-state index contributed by atoms with van der Waals surface area (Å²) in [6, 6.07) is 5.43. The van der Waals surface area contributed by atoms with Crippen molar-refractivity contribution in [2.45, 2.75) is 66.1 Å². The summed E-state index contributed by atoms with van der Waals surface area (Å²) in [5.41, 5.74) is 10.1. The molecule has 32 heavy (non-hydrogen) atoms. The van der Waals surface area contributed by atoms with Crippen LogP contribution in [0.4, 0.5) is 17.5 Å². The van der Waals surface area contributed by atoms with Crippen molar-refractivity contribution in [2.24, 2.45) is 5.92 Å². The van der Waals surface area contributed by atoms with Crippen LogP contribution in [-0.4, -0.2) is 37.5 Å². The first-order valence-corrected chi connectivity index (χ1v) is 11.5. The third kappa shape index (κ3) is 4.76. The van der Waals surface area contributed by atoms with Crippen molar-refractivity contribution in [1.82, 2.24) is 19.7 Å². The Morgan fingerprint density at radius 3 is 2.41 bits per heavy atom. The van der Waals surface area contributed by atoms with E-state index < -0.39 is 0 Å². The fourth-order valence-electron chi connectivity index (χ4n) is 3.68. The average Bonchev–Trinajstić information content (AvgIpc) is 3.16. The number of rotatable bonds is 9. The van der Waals surface area contributed by atoms with Crippen molar-refractivity contribution in [3.8, 4) is 11.4 Å². The lowest BCUT2D eigenvalue weighted by Crippen LogP contribution is -2.32. The van der Waals surface area contributed by atoms with Crippen LogP contribution in [0.3, 0.4) is 0 Å². The van der Waals surface area contributed by atoms with E-state index in [0.717, 1.165) is 17.0 Å². The van der Waals surface area contributed by atoms with Gasteiger partial charge in [-0.1, -0.05) is 45.4 Å². The first-order chi connectivity index (χ1) is 15.1. The number of aromatic nitrogens is 4. The SMILES string of the molecule is CC(C)c1nnc2c(NCc3c(N)cccc3Cl)nc(NC(CO)C(C)C)n(C(C)C)c1-2. The van der Waals surface area contributed by atoms with Crippen LogP contribution in [-0.2, 0) is 6.54 Å². The first-order valence-electron chi connectivity index (χ1n) is 11.1. The van der Waals surface area contributed by atoms with Crippen LogP contribution in [0.5, 0.6) is 0 Å². The van der Waals surface area contributed by atoms with E-state index in [1.165, 1.54) is 0 Å². The third-order valence-electron chi connectivity index (χ3n) is 5.60. The predicted molar refractivity (Wildman–Crippen MR) is 131 cm³/mol. The molecule has 9 heteroatoms. The molecule has 0 aromatic heterocycles. The number of aliphatic hydroxyl groups excluding tert-OH is 1. The molecule has 0 saturated heterocycles. The van der Waals surface area contributed by atoms with Crippen molar-refractivity contribution in [3.05, 3.63) is 34.5 Å². The number of nitrogens with one attached hydrogen (secondary N) is 2. The number of fused-ring (bicyclic) bond motifs is 1. The Bertz CT molecular complexity index is 1010. The molecule has 0 spiro atoms. The van der Waals surface area contributed by atoms with E-state index in [9.17, 15) is 5.11 Å². The molecule has 1 atom stereocenters. The number of nitrogens with zero attached hydrogens (tertiary/aromatic N) is 4. The maximum absolute atomic E-state index is 9.92. The average molecular weight is 460 g/mol. The van der Waals surface area contributed by atoms with Gasteiger partial charge in [0.2, 0.25) is 5.95 Å². The lowest BCUT2D eigenvalue weighted by atomic mass is 10.0. The summed E-state index contributed by atoms with van der Waals surface area (Å²) in [6.45, 7) is 12.9. The molecule has 1 aromatic carbocycles. The highest BCUT2D eigenvalue weighted by atomic mass is 35.5. The minimum absolute atomic E-state index is 0.00292. The second-order valence-corrected chi connectivity index (χ2v) is 9.43. The van der Waals surface area contributed by atoms with E-state index in [0.29, 0.717) is 34.7 Å². The summed E-state index contributed by atoms with van der Waals surface area (Å²) in [5, 5.41) is 26.3. The van der Waals surface area contributed by atoms with Crippen molar-refractivity contribution in [3.63, 3.8) is 0 Å². The molecular formula is C23H34ClN7O. The summed E-state index contributed by atoms with van der Waals surface area (Å²) in [5.74, 6) is 1.66. The van der Waals surface area contributed by atoms with Gasteiger partial charge in [0.1, 0.15) is 0 Å². The van der Waals surface area contributed by atoms with Crippen LogP contribution in [0.15, 0.2) is 18.2 Å². The van der Waals surface area contributed by atoms with Crippen LogP contribution in [0.25, 0.3) is 11.4 Å². The van der Waals surface area contributed by atoms with Gasteiger partial charge in [-0.3, -0.25) is 0 Å². The smallest absolute Gasteiger partial charge is 0.205 e. The third-order valence-corrected chi connectivity index (χ3v) is 5.96. The van der Waals surface area contributed by atoms with Crippen LogP contribution in [0, 0.1) is 5.92 Å². The molecule has 5 N–H and O–H groups in total. The largest absolute Gasteiger partial charge is 0.398 e. The highest BCUT2D eigenvalue weighted by Gasteiger charge is 2.29. The maximum atomic E-state index is 9.92. The van der Waals surface area contributed by atoms with E-state index in [4.69, 9.17) is 22.3 Å². The summed E-state index contributed by atoms with van der Waals surface area (Å²) in [6.07, 6.45) is 0. The van der Waals surface area contributed by atoms with Crippen LogP contribution in [0.1, 0.15) is 64.8 Å². The van der Waals surface area contributed by atoms with Gasteiger partial charge in [-0.15, -0.1) is 5.10 Å². The number of aliphatic hydroxyl groups is 1. The standard InChI is InChI=1S/C23H34ClN7O/c1-12(2)18(11-32)27-23-28-22(26-10-15-16(24)8-7-9-17(15)25)20-21(31(23)14(5)6)19(13(3)4)29-30-20/h7-9,12-14,18,26,32H,10-11,25H2,1-6H3,(H,27,28). The fraction of sp³-hybridized carbons (Fsp3) is 0.522. The second kappa shape index (κ2) is 9.92. The Morgan fingerprint density at radius 1 is 1.12 bits per heavy atom. The molecule has 0 bridgehead atoms. The molecule has 1 unspecified atom stereocenters. The predicted octanol–water partition coefficient (Wildman–Crippen LogP) is 4.76. The first kappa shape index (κ1) is 24.1. The topological polar surface area (TPSA) is 114 Å². The van der Waals surface area contributed by atoms with Crippen LogP contribution in [0.2, 0.25) is 5.02 Å². The molecule has 0 radical (unpaired) electrons. The van der Waals surface area contributed by atoms with Gasteiger partial charge in [-0.05, 0) is 37.8 Å². The monoisotopic (exact) mass is 459 g/mol. The Labute approximate surface area is 194 Å². The Balaban J connectivity index is 2.13. The quantitative estimate of drug-likeness (QED) is 0.341. The van der Waals surface area contributed by atoms with Crippen molar-refractivity contribution in [2.75, 3.05) is 23.0 Å². The van der Waals surface area contributed by atoms with Crippen LogP contribution >= 0.6 is 11.6 Å². The fourth-order valence-corrected chi connectivity index (χ4v) is 3.92. The number of nitrogens with two attached hydrogens (primary N) is 1. The van der Waals surface area contributed by atoms with Gasteiger partial charge >= 0.3 is 0 Å². The summed E-state index contributed by atoms with van der Waals surface area (Å²) in [4.78, 5) is 4.88. The molecule has 0 aliphatic carbocycles. The van der Waals surface area contributed by atoms with E-state index in [-0.39, 0.29) is 30.5 Å². The highest BCUT2D eigenvalue weighted by Crippen LogP contribution is 2.38.